The average molecular weight is 290 g/mol. The molecule has 21 heavy (non-hydrogen) atoms. The summed E-state index contributed by atoms with van der Waals surface area (Å²) in [6, 6.07) is 7.79. The van der Waals surface area contributed by atoms with E-state index in [-0.39, 0.29) is 11.9 Å². The van der Waals surface area contributed by atoms with Gasteiger partial charge in [-0.25, -0.2) is 0 Å². The maximum atomic E-state index is 12.4. The molecule has 0 radical (unpaired) electrons. The van der Waals surface area contributed by atoms with Gasteiger partial charge in [0.15, 0.2) is 0 Å². The van der Waals surface area contributed by atoms with Crippen LogP contribution in [0.1, 0.15) is 57.6 Å². The SMILES string of the molecule is CCOc1ccc(C(C)NC(=O)C2(N)CCCCC2)cc1. The zero-order chi connectivity index (χ0) is 15.3. The number of nitrogens with one attached hydrogen (secondary N) is 1. The molecular weight excluding hydrogens is 264 g/mol. The number of carbonyl (C=O) groups is 1. The molecule has 1 atom stereocenters. The van der Waals surface area contributed by atoms with Crippen LogP contribution < -0.4 is 15.8 Å². The van der Waals surface area contributed by atoms with E-state index >= 15 is 0 Å². The number of ether oxygens (including phenoxy) is 1. The van der Waals surface area contributed by atoms with Gasteiger partial charge in [0.05, 0.1) is 18.2 Å². The summed E-state index contributed by atoms with van der Waals surface area (Å²) in [4.78, 5) is 12.4. The van der Waals surface area contributed by atoms with Crippen LogP contribution in [0, 0.1) is 0 Å². The summed E-state index contributed by atoms with van der Waals surface area (Å²) in [5.41, 5.74) is 6.64. The second-order valence-electron chi connectivity index (χ2n) is 5.91. The monoisotopic (exact) mass is 290 g/mol. The van der Waals surface area contributed by atoms with Gasteiger partial charge in [-0.05, 0) is 44.4 Å². The lowest BCUT2D eigenvalue weighted by molar-refractivity contribution is -0.128. The zero-order valence-corrected chi connectivity index (χ0v) is 13.0. The van der Waals surface area contributed by atoms with Gasteiger partial charge in [-0.1, -0.05) is 31.4 Å². The Morgan fingerprint density at radius 2 is 1.90 bits per heavy atom. The Morgan fingerprint density at radius 3 is 2.48 bits per heavy atom. The molecule has 0 aliphatic heterocycles. The van der Waals surface area contributed by atoms with Crippen LogP contribution in [0.15, 0.2) is 24.3 Å². The molecule has 1 unspecified atom stereocenters. The molecule has 1 aromatic rings. The zero-order valence-electron chi connectivity index (χ0n) is 13.0. The molecule has 2 rings (SSSR count). The van der Waals surface area contributed by atoms with Crippen molar-refractivity contribution < 1.29 is 9.53 Å². The van der Waals surface area contributed by atoms with Crippen molar-refractivity contribution in [3.8, 4) is 5.75 Å². The minimum Gasteiger partial charge on any atom is -0.494 e. The van der Waals surface area contributed by atoms with Crippen LogP contribution in [0.3, 0.4) is 0 Å². The lowest BCUT2D eigenvalue weighted by Gasteiger charge is -2.33. The summed E-state index contributed by atoms with van der Waals surface area (Å²) < 4.78 is 5.43. The largest absolute Gasteiger partial charge is 0.494 e. The van der Waals surface area contributed by atoms with E-state index in [0.717, 1.165) is 37.0 Å². The molecule has 3 N–H and O–H groups in total. The quantitative estimate of drug-likeness (QED) is 0.876. The highest BCUT2D eigenvalue weighted by molar-refractivity contribution is 5.86. The molecule has 0 bridgehead atoms. The normalized spacial score (nSPS) is 18.8. The summed E-state index contributed by atoms with van der Waals surface area (Å²) in [6.07, 6.45) is 4.84. The Bertz CT molecular complexity index is 464. The fourth-order valence-electron chi connectivity index (χ4n) is 2.85. The highest BCUT2D eigenvalue weighted by Crippen LogP contribution is 2.27. The highest BCUT2D eigenvalue weighted by atomic mass is 16.5. The lowest BCUT2D eigenvalue weighted by Crippen LogP contribution is -2.55. The molecule has 0 aromatic heterocycles. The van der Waals surface area contributed by atoms with Gasteiger partial charge in [-0.3, -0.25) is 4.79 Å². The smallest absolute Gasteiger partial charge is 0.240 e. The first kappa shape index (κ1) is 15.8. The van der Waals surface area contributed by atoms with Gasteiger partial charge in [0.2, 0.25) is 5.91 Å². The second-order valence-corrected chi connectivity index (χ2v) is 5.91. The Hall–Kier alpha value is -1.55. The number of amides is 1. The minimum atomic E-state index is -0.683. The summed E-state index contributed by atoms with van der Waals surface area (Å²) in [5.74, 6) is 0.825. The van der Waals surface area contributed by atoms with Crippen molar-refractivity contribution in [2.45, 2.75) is 57.5 Å². The van der Waals surface area contributed by atoms with Crippen LogP contribution in [0.25, 0.3) is 0 Å². The number of hydrogen-bond acceptors (Lipinski definition) is 3. The second kappa shape index (κ2) is 6.94. The molecule has 4 nitrogen and oxygen atoms in total. The van der Waals surface area contributed by atoms with E-state index in [4.69, 9.17) is 10.5 Å². The van der Waals surface area contributed by atoms with Gasteiger partial charge in [0, 0.05) is 0 Å². The van der Waals surface area contributed by atoms with Crippen LogP contribution in [0.4, 0.5) is 0 Å². The van der Waals surface area contributed by atoms with Crippen LogP contribution in [-0.4, -0.2) is 18.1 Å². The summed E-state index contributed by atoms with van der Waals surface area (Å²) in [6.45, 7) is 4.60. The van der Waals surface area contributed by atoms with Crippen LogP contribution in [0.5, 0.6) is 5.75 Å². The van der Waals surface area contributed by atoms with Gasteiger partial charge in [-0.15, -0.1) is 0 Å². The molecule has 1 aliphatic carbocycles. The number of carbonyl (C=O) groups excluding carboxylic acids is 1. The van der Waals surface area contributed by atoms with Crippen LogP contribution >= 0.6 is 0 Å². The Kier molecular flexibility index (Phi) is 5.23. The van der Waals surface area contributed by atoms with Crippen LogP contribution in [0.2, 0.25) is 0 Å². The molecular formula is C17H26N2O2. The lowest BCUT2D eigenvalue weighted by atomic mass is 9.81. The maximum Gasteiger partial charge on any atom is 0.240 e. The first-order chi connectivity index (χ1) is 10.0. The average Bonchev–Trinajstić information content (AvgIpc) is 2.49. The van der Waals surface area contributed by atoms with Crippen molar-refractivity contribution in [3.05, 3.63) is 29.8 Å². The molecule has 1 aromatic carbocycles. The fraction of sp³-hybridized carbons (Fsp3) is 0.588. The molecule has 0 spiro atoms. The molecule has 0 saturated heterocycles. The summed E-state index contributed by atoms with van der Waals surface area (Å²) in [7, 11) is 0. The molecule has 1 fully saturated rings. The Balaban J connectivity index is 1.96. The third-order valence-electron chi connectivity index (χ3n) is 4.24. The van der Waals surface area contributed by atoms with E-state index in [1.807, 2.05) is 38.1 Å². The third kappa shape index (κ3) is 3.97. The van der Waals surface area contributed by atoms with Crippen molar-refractivity contribution >= 4 is 5.91 Å². The molecule has 1 amide bonds. The summed E-state index contributed by atoms with van der Waals surface area (Å²) in [5, 5.41) is 3.05. The standard InChI is InChI=1S/C17H26N2O2/c1-3-21-15-9-7-14(8-10-15)13(2)19-16(20)17(18)11-5-4-6-12-17/h7-10,13H,3-6,11-12,18H2,1-2H3,(H,19,20). The molecule has 1 aliphatic rings. The number of nitrogens with two attached hydrogens (primary N) is 1. The van der Waals surface area contributed by atoms with Crippen LogP contribution in [-0.2, 0) is 4.79 Å². The predicted molar refractivity (Wildman–Crippen MR) is 84.2 cm³/mol. The van der Waals surface area contributed by atoms with E-state index < -0.39 is 5.54 Å². The number of hydrogen-bond donors (Lipinski definition) is 2. The Morgan fingerprint density at radius 1 is 1.29 bits per heavy atom. The van der Waals surface area contributed by atoms with Gasteiger partial charge >= 0.3 is 0 Å². The number of benzene rings is 1. The summed E-state index contributed by atoms with van der Waals surface area (Å²) >= 11 is 0. The van der Waals surface area contributed by atoms with E-state index in [1.165, 1.54) is 6.42 Å². The van der Waals surface area contributed by atoms with Gasteiger partial charge in [-0.2, -0.15) is 0 Å². The first-order valence-electron chi connectivity index (χ1n) is 7.88. The molecule has 4 heteroatoms. The van der Waals surface area contributed by atoms with E-state index in [0.29, 0.717) is 6.61 Å². The van der Waals surface area contributed by atoms with Crippen molar-refractivity contribution in [2.75, 3.05) is 6.61 Å². The van der Waals surface area contributed by atoms with Crippen molar-refractivity contribution in [1.29, 1.82) is 0 Å². The van der Waals surface area contributed by atoms with E-state index in [1.54, 1.807) is 0 Å². The third-order valence-corrected chi connectivity index (χ3v) is 4.24. The van der Waals surface area contributed by atoms with Crippen molar-refractivity contribution in [1.82, 2.24) is 5.32 Å². The topological polar surface area (TPSA) is 64.3 Å². The maximum absolute atomic E-state index is 12.4. The predicted octanol–water partition coefficient (Wildman–Crippen LogP) is 2.92. The molecule has 0 heterocycles. The van der Waals surface area contributed by atoms with E-state index in [9.17, 15) is 4.79 Å². The first-order valence-corrected chi connectivity index (χ1v) is 7.88. The fourth-order valence-corrected chi connectivity index (χ4v) is 2.85. The molecule has 116 valence electrons. The van der Waals surface area contributed by atoms with Gasteiger partial charge < -0.3 is 15.8 Å². The van der Waals surface area contributed by atoms with Gasteiger partial charge in [0.1, 0.15) is 5.75 Å². The van der Waals surface area contributed by atoms with E-state index in [2.05, 4.69) is 5.32 Å². The van der Waals surface area contributed by atoms with Gasteiger partial charge in [0.25, 0.3) is 0 Å². The Labute approximate surface area is 127 Å². The molecule has 1 saturated carbocycles. The van der Waals surface area contributed by atoms with Crippen molar-refractivity contribution in [2.24, 2.45) is 5.73 Å². The highest BCUT2D eigenvalue weighted by Gasteiger charge is 2.35. The van der Waals surface area contributed by atoms with Crippen molar-refractivity contribution in [3.63, 3.8) is 0 Å². The number of rotatable bonds is 5. The minimum absolute atomic E-state index is 0.0245.